The lowest BCUT2D eigenvalue weighted by atomic mass is 10.1. The highest BCUT2D eigenvalue weighted by Crippen LogP contribution is 2.26. The third kappa shape index (κ3) is 8.10. The summed E-state index contributed by atoms with van der Waals surface area (Å²) >= 11 is 12.3. The molecule has 10 heteroatoms. The predicted octanol–water partition coefficient (Wildman–Crippen LogP) is 5.63. The molecule has 208 valence electrons. The largest absolute Gasteiger partial charge is 0.352 e. The summed E-state index contributed by atoms with van der Waals surface area (Å²) in [6, 6.07) is 10.2. The number of anilines is 1. The molecule has 0 heterocycles. The monoisotopic (exact) mass is 581 g/mol. The van der Waals surface area contributed by atoms with Gasteiger partial charge in [0.05, 0.1) is 22.0 Å². The standard InChI is InChI=1S/C28H37Cl2N3O4S/c1-19-11-12-20(2)26(16-19)33(38(4,36)37)15-7-10-27(34)32(18-22-13-14-24(29)25(30)17-22)21(3)28(35)31-23-8-5-6-9-23/h11-14,16-17,21,23H,5-10,15,18H2,1-4H3,(H,31,35). The molecule has 1 aliphatic rings. The molecule has 1 saturated carbocycles. The van der Waals surface area contributed by atoms with Gasteiger partial charge in [0.25, 0.3) is 0 Å². The van der Waals surface area contributed by atoms with Crippen LogP contribution in [0.5, 0.6) is 0 Å². The van der Waals surface area contributed by atoms with E-state index in [0.717, 1.165) is 42.4 Å². The molecule has 0 aliphatic heterocycles. The molecule has 2 amide bonds. The van der Waals surface area contributed by atoms with Crippen LogP contribution in [0.4, 0.5) is 5.69 Å². The van der Waals surface area contributed by atoms with E-state index in [1.807, 2.05) is 32.0 Å². The molecule has 1 unspecified atom stereocenters. The molecule has 3 rings (SSSR count). The molecule has 0 bridgehead atoms. The van der Waals surface area contributed by atoms with Crippen molar-refractivity contribution in [1.82, 2.24) is 10.2 Å². The van der Waals surface area contributed by atoms with Gasteiger partial charge in [0, 0.05) is 25.6 Å². The minimum atomic E-state index is -3.56. The minimum absolute atomic E-state index is 0.0826. The molecular formula is C28H37Cl2N3O4S. The second-order valence-corrected chi connectivity index (χ2v) is 12.9. The van der Waals surface area contributed by atoms with Crippen LogP contribution in [0, 0.1) is 13.8 Å². The maximum absolute atomic E-state index is 13.5. The molecule has 2 aromatic carbocycles. The Morgan fingerprint density at radius 3 is 2.37 bits per heavy atom. The van der Waals surface area contributed by atoms with Gasteiger partial charge in [-0.05, 0) is 74.9 Å². The van der Waals surface area contributed by atoms with Crippen molar-refractivity contribution in [2.75, 3.05) is 17.1 Å². The first kappa shape index (κ1) is 30.3. The molecule has 38 heavy (non-hydrogen) atoms. The minimum Gasteiger partial charge on any atom is -0.352 e. The van der Waals surface area contributed by atoms with Crippen LogP contribution in [0.25, 0.3) is 0 Å². The number of nitrogens with one attached hydrogen (secondary N) is 1. The lowest BCUT2D eigenvalue weighted by Crippen LogP contribution is -2.49. The van der Waals surface area contributed by atoms with E-state index in [2.05, 4.69) is 5.32 Å². The Balaban J connectivity index is 1.76. The van der Waals surface area contributed by atoms with E-state index >= 15 is 0 Å². The van der Waals surface area contributed by atoms with Crippen molar-refractivity contribution in [3.05, 3.63) is 63.1 Å². The van der Waals surface area contributed by atoms with Crippen molar-refractivity contribution in [3.8, 4) is 0 Å². The van der Waals surface area contributed by atoms with Crippen LogP contribution in [0.1, 0.15) is 62.1 Å². The van der Waals surface area contributed by atoms with Crippen LogP contribution in [0.15, 0.2) is 36.4 Å². The van der Waals surface area contributed by atoms with Gasteiger partial charge in [-0.15, -0.1) is 0 Å². The Morgan fingerprint density at radius 1 is 1.05 bits per heavy atom. The Kier molecular flexibility index (Phi) is 10.5. The Hall–Kier alpha value is -2.29. The first-order valence-corrected chi connectivity index (χ1v) is 15.6. The summed E-state index contributed by atoms with van der Waals surface area (Å²) in [6.07, 6.45) is 5.61. The summed E-state index contributed by atoms with van der Waals surface area (Å²) in [7, 11) is -3.56. The average molecular weight is 583 g/mol. The first-order valence-electron chi connectivity index (χ1n) is 13.0. The second-order valence-electron chi connectivity index (χ2n) is 10.2. The van der Waals surface area contributed by atoms with Gasteiger partial charge in [0.1, 0.15) is 6.04 Å². The van der Waals surface area contributed by atoms with E-state index in [4.69, 9.17) is 23.2 Å². The summed E-state index contributed by atoms with van der Waals surface area (Å²) in [5.74, 6) is -0.432. The Bertz CT molecular complexity index is 1260. The zero-order valence-electron chi connectivity index (χ0n) is 22.5. The van der Waals surface area contributed by atoms with Crippen LogP contribution in [-0.2, 0) is 26.2 Å². The third-order valence-electron chi connectivity index (χ3n) is 6.99. The maximum Gasteiger partial charge on any atom is 0.242 e. The zero-order valence-corrected chi connectivity index (χ0v) is 24.8. The number of hydrogen-bond acceptors (Lipinski definition) is 4. The van der Waals surface area contributed by atoms with Crippen LogP contribution in [0.2, 0.25) is 10.0 Å². The van der Waals surface area contributed by atoms with E-state index in [1.165, 1.54) is 15.5 Å². The highest BCUT2D eigenvalue weighted by molar-refractivity contribution is 7.92. The summed E-state index contributed by atoms with van der Waals surface area (Å²) in [4.78, 5) is 28.1. The fraction of sp³-hybridized carbons (Fsp3) is 0.500. The lowest BCUT2D eigenvalue weighted by Gasteiger charge is -2.30. The smallest absolute Gasteiger partial charge is 0.242 e. The SMILES string of the molecule is Cc1ccc(C)c(N(CCCC(=O)N(Cc2ccc(Cl)c(Cl)c2)C(C)C(=O)NC2CCCC2)S(C)(=O)=O)c1. The number of benzene rings is 2. The van der Waals surface area contributed by atoms with Gasteiger partial charge in [-0.25, -0.2) is 8.42 Å². The number of sulfonamides is 1. The van der Waals surface area contributed by atoms with E-state index in [0.29, 0.717) is 22.2 Å². The molecule has 1 atom stereocenters. The highest BCUT2D eigenvalue weighted by Gasteiger charge is 2.29. The molecule has 0 saturated heterocycles. The lowest BCUT2D eigenvalue weighted by molar-refractivity contribution is -0.141. The van der Waals surface area contributed by atoms with Gasteiger partial charge in [0.15, 0.2) is 0 Å². The summed E-state index contributed by atoms with van der Waals surface area (Å²) in [5.41, 5.74) is 3.15. The van der Waals surface area contributed by atoms with Crippen molar-refractivity contribution in [3.63, 3.8) is 0 Å². The number of carbonyl (C=O) groups is 2. The molecule has 1 fully saturated rings. The molecule has 0 radical (unpaired) electrons. The molecule has 7 nitrogen and oxygen atoms in total. The molecule has 0 spiro atoms. The second kappa shape index (κ2) is 13.2. The average Bonchev–Trinajstić information content (AvgIpc) is 3.36. The number of nitrogens with zero attached hydrogens (tertiary/aromatic N) is 2. The van der Waals surface area contributed by atoms with Crippen molar-refractivity contribution in [2.24, 2.45) is 0 Å². The molecule has 0 aromatic heterocycles. The van der Waals surface area contributed by atoms with Crippen LogP contribution in [-0.4, -0.2) is 50.0 Å². The van der Waals surface area contributed by atoms with Gasteiger partial charge in [-0.1, -0.05) is 54.2 Å². The van der Waals surface area contributed by atoms with Gasteiger partial charge in [-0.2, -0.15) is 0 Å². The third-order valence-corrected chi connectivity index (χ3v) is 8.91. The van der Waals surface area contributed by atoms with Gasteiger partial charge < -0.3 is 10.2 Å². The number of rotatable bonds is 11. The van der Waals surface area contributed by atoms with Crippen molar-refractivity contribution in [2.45, 2.75) is 77.9 Å². The number of halogens is 2. The summed E-state index contributed by atoms with van der Waals surface area (Å²) in [5, 5.41) is 3.86. The van der Waals surface area contributed by atoms with Crippen molar-refractivity contribution < 1.29 is 18.0 Å². The molecule has 1 N–H and O–H groups in total. The number of aryl methyl sites for hydroxylation is 2. The number of amides is 2. The van der Waals surface area contributed by atoms with E-state index in [9.17, 15) is 18.0 Å². The number of hydrogen-bond donors (Lipinski definition) is 1. The van der Waals surface area contributed by atoms with Gasteiger partial charge >= 0.3 is 0 Å². The van der Waals surface area contributed by atoms with Crippen LogP contribution >= 0.6 is 23.2 Å². The number of carbonyl (C=O) groups excluding carboxylic acids is 2. The Labute approximate surface area is 236 Å². The fourth-order valence-corrected chi connectivity index (χ4v) is 6.12. The zero-order chi connectivity index (χ0) is 28.0. The summed E-state index contributed by atoms with van der Waals surface area (Å²) < 4.78 is 26.6. The molecule has 1 aliphatic carbocycles. The molecule has 2 aromatic rings. The first-order chi connectivity index (χ1) is 17.9. The van der Waals surface area contributed by atoms with E-state index in [-0.39, 0.29) is 37.4 Å². The topological polar surface area (TPSA) is 86.8 Å². The van der Waals surface area contributed by atoms with Crippen LogP contribution < -0.4 is 9.62 Å². The van der Waals surface area contributed by atoms with Gasteiger partial charge in [0.2, 0.25) is 21.8 Å². The normalized spacial score (nSPS) is 14.8. The van der Waals surface area contributed by atoms with Crippen LogP contribution in [0.3, 0.4) is 0 Å². The Morgan fingerprint density at radius 2 is 1.74 bits per heavy atom. The van der Waals surface area contributed by atoms with E-state index in [1.54, 1.807) is 25.1 Å². The maximum atomic E-state index is 13.5. The van der Waals surface area contributed by atoms with Crippen molar-refractivity contribution >= 4 is 50.7 Å². The fourth-order valence-electron chi connectivity index (χ4n) is 4.78. The van der Waals surface area contributed by atoms with E-state index < -0.39 is 16.1 Å². The highest BCUT2D eigenvalue weighted by atomic mass is 35.5. The quantitative estimate of drug-likeness (QED) is 0.372. The molecular weight excluding hydrogens is 545 g/mol. The predicted molar refractivity (Wildman–Crippen MR) is 154 cm³/mol. The van der Waals surface area contributed by atoms with Gasteiger partial charge in [-0.3, -0.25) is 13.9 Å². The summed E-state index contributed by atoms with van der Waals surface area (Å²) in [6.45, 7) is 5.83. The van der Waals surface area contributed by atoms with Crippen molar-refractivity contribution in [1.29, 1.82) is 0 Å².